The number of sulfonamides is 1. The van der Waals surface area contributed by atoms with Crippen molar-refractivity contribution in [3.63, 3.8) is 0 Å². The Morgan fingerprint density at radius 2 is 1.78 bits per heavy atom. The fraction of sp³-hybridized carbons (Fsp3) is 0.353. The van der Waals surface area contributed by atoms with Gasteiger partial charge in [-0.3, -0.25) is 4.79 Å². The topological polar surface area (TPSA) is 66.5 Å². The van der Waals surface area contributed by atoms with Crippen molar-refractivity contribution in [1.29, 1.82) is 0 Å². The number of likely N-dealkylation sites (N-methyl/N-ethyl adjacent to an activating group) is 1. The first-order chi connectivity index (χ1) is 10.8. The number of nitrogens with one attached hydrogen (secondary N) is 1. The molecule has 0 spiro atoms. The van der Waals surface area contributed by atoms with E-state index < -0.39 is 10.0 Å². The Hall–Kier alpha value is -1.92. The number of nitrogens with zero attached hydrogens (tertiary/aromatic N) is 1. The van der Waals surface area contributed by atoms with Crippen molar-refractivity contribution in [2.45, 2.75) is 31.7 Å². The highest BCUT2D eigenvalue weighted by Gasteiger charge is 2.25. The van der Waals surface area contributed by atoms with Crippen LogP contribution in [0.4, 0.5) is 0 Å². The van der Waals surface area contributed by atoms with Crippen LogP contribution >= 0.6 is 0 Å². The molecule has 0 saturated heterocycles. The first kappa shape index (κ1) is 17.4. The van der Waals surface area contributed by atoms with Crippen molar-refractivity contribution in [1.82, 2.24) is 9.62 Å². The van der Waals surface area contributed by atoms with E-state index in [0.717, 1.165) is 10.8 Å². The molecule has 0 fully saturated rings. The quantitative estimate of drug-likeness (QED) is 0.882. The predicted octanol–water partition coefficient (Wildman–Crippen LogP) is 2.38. The van der Waals surface area contributed by atoms with Crippen molar-refractivity contribution in [3.8, 4) is 0 Å². The maximum absolute atomic E-state index is 12.8. The largest absolute Gasteiger partial charge is 0.353 e. The van der Waals surface area contributed by atoms with Crippen LogP contribution in [0.1, 0.15) is 20.8 Å². The SMILES string of the molecule is CCN(CC(=O)NC(C)C)S(=O)(=O)c1ccc2ccccc2c1. The zero-order valence-electron chi connectivity index (χ0n) is 13.6. The van der Waals surface area contributed by atoms with E-state index in [1.807, 2.05) is 38.1 Å². The van der Waals surface area contributed by atoms with Gasteiger partial charge in [0.05, 0.1) is 11.4 Å². The van der Waals surface area contributed by atoms with Crippen molar-refractivity contribution >= 4 is 26.7 Å². The standard InChI is InChI=1S/C17H22N2O3S/c1-4-19(12-17(20)18-13(2)3)23(21,22)16-10-9-14-7-5-6-8-15(14)11-16/h5-11,13H,4,12H2,1-3H3,(H,18,20). The molecule has 5 nitrogen and oxygen atoms in total. The second-order valence-corrected chi connectivity index (χ2v) is 7.60. The summed E-state index contributed by atoms with van der Waals surface area (Å²) in [5.74, 6) is -0.300. The molecular weight excluding hydrogens is 312 g/mol. The molecule has 0 atom stereocenters. The summed E-state index contributed by atoms with van der Waals surface area (Å²) in [5.41, 5.74) is 0. The summed E-state index contributed by atoms with van der Waals surface area (Å²) in [7, 11) is -3.70. The third-order valence-electron chi connectivity index (χ3n) is 3.48. The van der Waals surface area contributed by atoms with E-state index in [0.29, 0.717) is 0 Å². The molecule has 0 aliphatic carbocycles. The molecule has 2 aromatic carbocycles. The predicted molar refractivity (Wildman–Crippen MR) is 91.7 cm³/mol. The number of carbonyl (C=O) groups is 1. The van der Waals surface area contributed by atoms with Crippen LogP contribution in [-0.4, -0.2) is 37.8 Å². The van der Waals surface area contributed by atoms with E-state index >= 15 is 0 Å². The lowest BCUT2D eigenvalue weighted by molar-refractivity contribution is -0.121. The van der Waals surface area contributed by atoms with Crippen LogP contribution in [0.3, 0.4) is 0 Å². The molecule has 0 unspecified atom stereocenters. The van der Waals surface area contributed by atoms with E-state index in [9.17, 15) is 13.2 Å². The van der Waals surface area contributed by atoms with Gasteiger partial charge in [-0.2, -0.15) is 4.31 Å². The minimum Gasteiger partial charge on any atom is -0.353 e. The van der Waals surface area contributed by atoms with Gasteiger partial charge >= 0.3 is 0 Å². The maximum Gasteiger partial charge on any atom is 0.243 e. The maximum atomic E-state index is 12.8. The van der Waals surface area contributed by atoms with Gasteiger partial charge in [0.1, 0.15) is 0 Å². The molecule has 1 N–H and O–H groups in total. The Morgan fingerprint density at radius 1 is 1.13 bits per heavy atom. The van der Waals surface area contributed by atoms with Crippen LogP contribution in [0.2, 0.25) is 0 Å². The molecule has 0 aliphatic rings. The van der Waals surface area contributed by atoms with Crippen molar-refractivity contribution in [2.75, 3.05) is 13.1 Å². The number of carbonyl (C=O) groups excluding carboxylic acids is 1. The number of fused-ring (bicyclic) bond motifs is 1. The van der Waals surface area contributed by atoms with Crippen molar-refractivity contribution < 1.29 is 13.2 Å². The lowest BCUT2D eigenvalue weighted by Gasteiger charge is -2.21. The number of hydrogen-bond donors (Lipinski definition) is 1. The smallest absolute Gasteiger partial charge is 0.243 e. The molecule has 0 radical (unpaired) electrons. The minimum absolute atomic E-state index is 0.0235. The highest BCUT2D eigenvalue weighted by molar-refractivity contribution is 7.89. The minimum atomic E-state index is -3.70. The number of amides is 1. The van der Waals surface area contributed by atoms with Gasteiger partial charge in [-0.1, -0.05) is 37.3 Å². The van der Waals surface area contributed by atoms with E-state index in [-0.39, 0.29) is 29.9 Å². The van der Waals surface area contributed by atoms with Gasteiger partial charge in [-0.05, 0) is 36.8 Å². The third kappa shape index (κ3) is 4.09. The average molecular weight is 334 g/mol. The van der Waals surface area contributed by atoms with Crippen LogP contribution in [0.5, 0.6) is 0 Å². The molecule has 2 rings (SSSR count). The lowest BCUT2D eigenvalue weighted by atomic mass is 10.1. The summed E-state index contributed by atoms with van der Waals surface area (Å²) in [6.45, 7) is 5.46. The molecule has 6 heteroatoms. The van der Waals surface area contributed by atoms with E-state index in [4.69, 9.17) is 0 Å². The Bertz CT molecular complexity index is 800. The molecule has 23 heavy (non-hydrogen) atoms. The highest BCUT2D eigenvalue weighted by Crippen LogP contribution is 2.21. The van der Waals surface area contributed by atoms with E-state index in [1.165, 1.54) is 4.31 Å². The second kappa shape index (κ2) is 7.10. The molecule has 2 aromatic rings. The Morgan fingerprint density at radius 3 is 2.39 bits per heavy atom. The first-order valence-corrected chi connectivity index (χ1v) is 9.07. The number of rotatable bonds is 6. The molecule has 0 aliphatic heterocycles. The van der Waals surface area contributed by atoms with Crippen LogP contribution in [0.15, 0.2) is 47.4 Å². The molecule has 0 heterocycles. The van der Waals surface area contributed by atoms with Gasteiger partial charge in [-0.15, -0.1) is 0 Å². The van der Waals surface area contributed by atoms with Gasteiger partial charge in [0.15, 0.2) is 0 Å². The summed E-state index contributed by atoms with van der Waals surface area (Å²) in [6, 6.07) is 12.6. The third-order valence-corrected chi connectivity index (χ3v) is 5.40. The highest BCUT2D eigenvalue weighted by atomic mass is 32.2. The fourth-order valence-corrected chi connectivity index (χ4v) is 3.81. The molecule has 0 saturated carbocycles. The summed E-state index contributed by atoms with van der Waals surface area (Å²) >= 11 is 0. The summed E-state index contributed by atoms with van der Waals surface area (Å²) in [4.78, 5) is 12.1. The Labute approximate surface area is 137 Å². The second-order valence-electron chi connectivity index (χ2n) is 5.66. The van der Waals surface area contributed by atoms with Gasteiger partial charge in [0.2, 0.25) is 15.9 Å². The Kier molecular flexibility index (Phi) is 5.38. The van der Waals surface area contributed by atoms with Crippen LogP contribution in [0, 0.1) is 0 Å². The fourth-order valence-electron chi connectivity index (χ4n) is 2.37. The molecule has 124 valence electrons. The molecule has 0 aromatic heterocycles. The lowest BCUT2D eigenvalue weighted by Crippen LogP contribution is -2.42. The summed E-state index contributed by atoms with van der Waals surface area (Å²) < 4.78 is 26.7. The van der Waals surface area contributed by atoms with Gasteiger partial charge < -0.3 is 5.32 Å². The van der Waals surface area contributed by atoms with Crippen LogP contribution in [-0.2, 0) is 14.8 Å². The Balaban J connectivity index is 2.31. The molecular formula is C17H22N2O3S. The first-order valence-electron chi connectivity index (χ1n) is 7.63. The van der Waals surface area contributed by atoms with Crippen LogP contribution < -0.4 is 5.32 Å². The zero-order valence-corrected chi connectivity index (χ0v) is 14.4. The van der Waals surface area contributed by atoms with E-state index in [2.05, 4.69) is 5.32 Å². The average Bonchev–Trinajstić information content (AvgIpc) is 2.51. The molecule has 1 amide bonds. The normalized spacial score (nSPS) is 12.0. The summed E-state index contributed by atoms with van der Waals surface area (Å²) in [6.07, 6.45) is 0. The van der Waals surface area contributed by atoms with Crippen LogP contribution in [0.25, 0.3) is 10.8 Å². The van der Waals surface area contributed by atoms with Gasteiger partial charge in [-0.25, -0.2) is 8.42 Å². The number of hydrogen-bond acceptors (Lipinski definition) is 3. The van der Waals surface area contributed by atoms with Crippen molar-refractivity contribution in [3.05, 3.63) is 42.5 Å². The summed E-state index contributed by atoms with van der Waals surface area (Å²) in [5, 5.41) is 4.55. The monoisotopic (exact) mass is 334 g/mol. The van der Waals surface area contributed by atoms with E-state index in [1.54, 1.807) is 25.1 Å². The zero-order chi connectivity index (χ0) is 17.0. The van der Waals surface area contributed by atoms with Gasteiger partial charge in [0.25, 0.3) is 0 Å². The van der Waals surface area contributed by atoms with Crippen molar-refractivity contribution in [2.24, 2.45) is 0 Å². The molecule has 0 bridgehead atoms. The van der Waals surface area contributed by atoms with Gasteiger partial charge in [0, 0.05) is 12.6 Å². The number of benzene rings is 2.